The van der Waals surface area contributed by atoms with Gasteiger partial charge in [0.1, 0.15) is 35.2 Å². The van der Waals surface area contributed by atoms with Crippen LogP contribution in [-0.2, 0) is 29.1 Å². The number of hydrogen-bond acceptors (Lipinski definition) is 12. The largest absolute Gasteiger partial charge is 0.497 e. The molecular formula is C37H46N8O9S. The average Bonchev–Trinajstić information content (AvgIpc) is 3.42. The van der Waals surface area contributed by atoms with Gasteiger partial charge < -0.3 is 29.7 Å². The van der Waals surface area contributed by atoms with Crippen LogP contribution in [0.4, 0.5) is 4.79 Å². The molecular weight excluding hydrogens is 733 g/mol. The number of hydrogen-bond donors (Lipinski definition) is 3. The number of ether oxygens (including phenoxy) is 3. The molecule has 17 nitrogen and oxygen atoms in total. The van der Waals surface area contributed by atoms with Crippen molar-refractivity contribution in [3.63, 3.8) is 0 Å². The number of tetrazole rings is 1. The van der Waals surface area contributed by atoms with Gasteiger partial charge in [0.15, 0.2) is 0 Å². The number of sulfonamides is 1. The molecule has 0 bridgehead atoms. The number of nitrogens with zero attached hydrogens (tertiary/aromatic N) is 5. The van der Waals surface area contributed by atoms with Gasteiger partial charge in [-0.3, -0.25) is 14.4 Å². The molecule has 3 fully saturated rings. The second-order valence-corrected chi connectivity index (χ2v) is 16.8. The highest BCUT2D eigenvalue weighted by atomic mass is 32.2. The number of nitrogens with one attached hydrogen (secondary N) is 3. The lowest BCUT2D eigenvalue weighted by molar-refractivity contribution is -0.142. The van der Waals surface area contributed by atoms with Crippen LogP contribution in [-0.4, -0.2) is 102 Å². The van der Waals surface area contributed by atoms with Crippen LogP contribution in [0.5, 0.6) is 11.5 Å². The van der Waals surface area contributed by atoms with E-state index in [1.54, 1.807) is 52.1 Å². The summed E-state index contributed by atoms with van der Waals surface area (Å²) in [6.45, 7) is 9.07. The number of alkyl carbamates (subject to hydrolysis) is 1. The first-order valence-electron chi connectivity index (χ1n) is 18.0. The summed E-state index contributed by atoms with van der Waals surface area (Å²) < 4.78 is 44.4. The molecule has 1 saturated heterocycles. The SMILES string of the molecule is C=C[C@@H]1C[C@]1(NC(=O)[C@@H]1C[C@@H](n2nnc(-c3ccc(OC)cc3)n2)CN1C(=O)[C@@H](NC(=O)OC1CCC1)C(C)(C)C)C(=O)NS(=O)(=O)c1ccc(OC)cc1. The van der Waals surface area contributed by atoms with Crippen molar-refractivity contribution in [3.05, 3.63) is 61.2 Å². The van der Waals surface area contributed by atoms with E-state index in [9.17, 15) is 27.6 Å². The molecule has 2 aliphatic carbocycles. The molecule has 4 amide bonds. The van der Waals surface area contributed by atoms with Crippen molar-refractivity contribution in [2.24, 2.45) is 11.3 Å². The minimum Gasteiger partial charge on any atom is -0.497 e. The van der Waals surface area contributed by atoms with Gasteiger partial charge in [-0.1, -0.05) is 26.8 Å². The molecule has 2 aromatic carbocycles. The van der Waals surface area contributed by atoms with Crippen molar-refractivity contribution < 1.29 is 41.8 Å². The molecule has 2 saturated carbocycles. The Balaban J connectivity index is 1.27. The Morgan fingerprint density at radius 3 is 2.18 bits per heavy atom. The van der Waals surface area contributed by atoms with Gasteiger partial charge in [0, 0.05) is 24.4 Å². The topological polar surface area (TPSA) is 213 Å². The molecule has 3 N–H and O–H groups in total. The fourth-order valence-electron chi connectivity index (χ4n) is 6.68. The van der Waals surface area contributed by atoms with E-state index in [0.717, 1.165) is 19.3 Å². The lowest BCUT2D eigenvalue weighted by Crippen LogP contribution is -2.60. The number of rotatable bonds is 13. The fraction of sp³-hybridized carbons (Fsp3) is 0.486. The van der Waals surface area contributed by atoms with Crippen LogP contribution in [0, 0.1) is 11.3 Å². The van der Waals surface area contributed by atoms with Gasteiger partial charge >= 0.3 is 6.09 Å². The fourth-order valence-corrected chi connectivity index (χ4v) is 7.72. The standard InChI is InChI=1S/C37H46N8O9S/c1-7-23-20-37(23,34(48)42-55(50,51)28-17-15-26(53-6)16-18-28)39-32(46)29-19-24(45-41-31(40-43-45)22-11-13-25(52-5)14-12-22)21-44(29)33(47)30(36(2,3)4)38-35(49)54-27-9-8-10-27/h7,11-18,23-24,27,29-30H,1,8-10,19-21H2,2-6H3,(H,38,49)(H,39,46)(H,42,48)/t23-,24-,29+,30-,37-/m1/s1. The van der Waals surface area contributed by atoms with E-state index in [1.807, 2.05) is 0 Å². The van der Waals surface area contributed by atoms with Crippen LogP contribution in [0.2, 0.25) is 0 Å². The van der Waals surface area contributed by atoms with Crippen molar-refractivity contribution in [1.82, 2.24) is 40.5 Å². The highest BCUT2D eigenvalue weighted by molar-refractivity contribution is 7.90. The Hall–Kier alpha value is -5.52. The summed E-state index contributed by atoms with van der Waals surface area (Å²) in [4.78, 5) is 58.1. The monoisotopic (exact) mass is 778 g/mol. The van der Waals surface area contributed by atoms with Gasteiger partial charge in [0.05, 0.1) is 25.2 Å². The number of benzene rings is 2. The van der Waals surface area contributed by atoms with Crippen molar-refractivity contribution >= 4 is 33.8 Å². The quantitative estimate of drug-likeness (QED) is 0.214. The molecule has 0 unspecified atom stereocenters. The van der Waals surface area contributed by atoms with Crippen LogP contribution >= 0.6 is 0 Å². The minimum atomic E-state index is -4.34. The number of amides is 4. The van der Waals surface area contributed by atoms with E-state index in [1.165, 1.54) is 47.1 Å². The number of methoxy groups -OCH3 is 2. The van der Waals surface area contributed by atoms with E-state index in [0.29, 0.717) is 22.9 Å². The smallest absolute Gasteiger partial charge is 0.408 e. The molecule has 3 aliphatic rings. The van der Waals surface area contributed by atoms with Gasteiger partial charge in [-0.2, -0.15) is 4.80 Å². The highest BCUT2D eigenvalue weighted by Crippen LogP contribution is 2.45. The predicted octanol–water partition coefficient (Wildman–Crippen LogP) is 2.76. The third-order valence-electron chi connectivity index (χ3n) is 10.3. The highest BCUT2D eigenvalue weighted by Gasteiger charge is 2.61. The normalized spacial score (nSPS) is 22.8. The lowest BCUT2D eigenvalue weighted by atomic mass is 9.85. The summed E-state index contributed by atoms with van der Waals surface area (Å²) in [6, 6.07) is 9.59. The summed E-state index contributed by atoms with van der Waals surface area (Å²) in [5.41, 5.74) is -1.81. The summed E-state index contributed by atoms with van der Waals surface area (Å²) >= 11 is 0. The van der Waals surface area contributed by atoms with Crippen molar-refractivity contribution in [1.29, 1.82) is 0 Å². The maximum atomic E-state index is 14.5. The number of likely N-dealkylation sites (tertiary alicyclic amines) is 1. The summed E-state index contributed by atoms with van der Waals surface area (Å²) in [6.07, 6.45) is 3.01. The Labute approximate surface area is 319 Å². The van der Waals surface area contributed by atoms with Crippen molar-refractivity contribution in [2.75, 3.05) is 20.8 Å². The average molecular weight is 779 g/mol. The molecule has 6 rings (SSSR count). The number of aromatic nitrogens is 4. The van der Waals surface area contributed by atoms with E-state index in [2.05, 4.69) is 37.3 Å². The molecule has 0 radical (unpaired) electrons. The zero-order valence-electron chi connectivity index (χ0n) is 31.4. The van der Waals surface area contributed by atoms with Crippen molar-refractivity contribution in [3.8, 4) is 22.9 Å². The zero-order chi connectivity index (χ0) is 39.7. The third-order valence-corrected chi connectivity index (χ3v) is 11.7. The predicted molar refractivity (Wildman–Crippen MR) is 197 cm³/mol. The van der Waals surface area contributed by atoms with Crippen LogP contribution < -0.4 is 24.8 Å². The maximum Gasteiger partial charge on any atom is 0.408 e. The first-order valence-corrected chi connectivity index (χ1v) is 19.4. The molecule has 3 aromatic rings. The molecule has 55 heavy (non-hydrogen) atoms. The van der Waals surface area contributed by atoms with Gasteiger partial charge in [-0.15, -0.1) is 16.8 Å². The maximum absolute atomic E-state index is 14.5. The number of carbonyl (C=O) groups excluding carboxylic acids is 4. The van der Waals surface area contributed by atoms with E-state index < -0.39 is 68.8 Å². The van der Waals surface area contributed by atoms with E-state index in [-0.39, 0.29) is 30.4 Å². The third kappa shape index (κ3) is 8.28. The Morgan fingerprint density at radius 2 is 1.64 bits per heavy atom. The first-order chi connectivity index (χ1) is 26.1. The van der Waals surface area contributed by atoms with Crippen LogP contribution in [0.1, 0.15) is 58.9 Å². The van der Waals surface area contributed by atoms with Gasteiger partial charge in [-0.05, 0) is 84.8 Å². The minimum absolute atomic E-state index is 0.0139. The summed E-state index contributed by atoms with van der Waals surface area (Å²) in [5.74, 6) is -1.45. The first kappa shape index (κ1) is 39.2. The second kappa shape index (κ2) is 15.3. The summed E-state index contributed by atoms with van der Waals surface area (Å²) in [7, 11) is -1.35. The molecule has 5 atom stereocenters. The second-order valence-electron chi connectivity index (χ2n) is 15.1. The Bertz CT molecular complexity index is 2040. The molecule has 18 heteroatoms. The molecule has 0 spiro atoms. The summed E-state index contributed by atoms with van der Waals surface area (Å²) in [5, 5.41) is 18.5. The van der Waals surface area contributed by atoms with Gasteiger partial charge in [0.25, 0.3) is 15.9 Å². The Kier molecular flexibility index (Phi) is 10.9. The Morgan fingerprint density at radius 1 is 1.00 bits per heavy atom. The van der Waals surface area contributed by atoms with Crippen LogP contribution in [0.3, 0.4) is 0 Å². The molecule has 1 aromatic heterocycles. The van der Waals surface area contributed by atoms with Crippen LogP contribution in [0.15, 0.2) is 66.1 Å². The molecule has 2 heterocycles. The zero-order valence-corrected chi connectivity index (χ0v) is 32.2. The van der Waals surface area contributed by atoms with Crippen LogP contribution in [0.25, 0.3) is 11.4 Å². The molecule has 1 aliphatic heterocycles. The lowest BCUT2D eigenvalue weighted by Gasteiger charge is -2.36. The van der Waals surface area contributed by atoms with Crippen molar-refractivity contribution in [2.45, 2.75) is 87.5 Å². The van der Waals surface area contributed by atoms with Gasteiger partial charge in [0.2, 0.25) is 17.6 Å². The van der Waals surface area contributed by atoms with Gasteiger partial charge in [-0.25, -0.2) is 17.9 Å². The van der Waals surface area contributed by atoms with E-state index >= 15 is 0 Å². The molecule has 294 valence electrons. The van der Waals surface area contributed by atoms with E-state index in [4.69, 9.17) is 14.2 Å². The number of carbonyl (C=O) groups is 4.